The van der Waals surface area contributed by atoms with Gasteiger partial charge in [-0.05, 0) is 56.0 Å². The molecule has 2 aromatic rings. The zero-order valence-corrected chi connectivity index (χ0v) is 21.6. The fraction of sp³-hybridized carbons (Fsp3) is 0.462. The third kappa shape index (κ3) is 7.66. The summed E-state index contributed by atoms with van der Waals surface area (Å²) in [5.74, 6) is 0.0852. The number of rotatable bonds is 9. The minimum atomic E-state index is -0.551. The number of amides is 2. The van der Waals surface area contributed by atoms with Crippen molar-refractivity contribution >= 4 is 46.8 Å². The van der Waals surface area contributed by atoms with Gasteiger partial charge in [-0.2, -0.15) is 0 Å². The maximum Gasteiger partial charge on any atom is 0.243 e. The number of aryl methyl sites for hydroxylation is 1. The van der Waals surface area contributed by atoms with E-state index >= 15 is 0 Å². The van der Waals surface area contributed by atoms with Crippen molar-refractivity contribution in [3.8, 4) is 0 Å². The minimum absolute atomic E-state index is 0.0804. The summed E-state index contributed by atoms with van der Waals surface area (Å²) in [6, 6.07) is 13.0. The second kappa shape index (κ2) is 12.7. The molecular weight excluding hydrogens is 475 g/mol. The van der Waals surface area contributed by atoms with Gasteiger partial charge in [-0.15, -0.1) is 11.8 Å². The van der Waals surface area contributed by atoms with Gasteiger partial charge in [-0.1, -0.05) is 73.2 Å². The molecule has 1 unspecified atom stereocenters. The molecule has 2 amide bonds. The van der Waals surface area contributed by atoms with Crippen molar-refractivity contribution in [3.63, 3.8) is 0 Å². The third-order valence-corrected chi connectivity index (χ3v) is 7.66. The number of hydrogen-bond donors (Lipinski definition) is 1. The van der Waals surface area contributed by atoms with Crippen LogP contribution < -0.4 is 5.32 Å². The van der Waals surface area contributed by atoms with Crippen LogP contribution in [0.2, 0.25) is 10.0 Å². The zero-order chi connectivity index (χ0) is 23.8. The quantitative estimate of drug-likeness (QED) is 0.387. The highest BCUT2D eigenvalue weighted by Gasteiger charge is 2.30. The van der Waals surface area contributed by atoms with Crippen LogP contribution in [0.5, 0.6) is 0 Å². The molecule has 0 saturated heterocycles. The number of thioether (sulfide) groups is 1. The van der Waals surface area contributed by atoms with Crippen LogP contribution in [0.3, 0.4) is 0 Å². The van der Waals surface area contributed by atoms with E-state index in [1.807, 2.05) is 44.2 Å². The molecule has 0 radical (unpaired) electrons. The summed E-state index contributed by atoms with van der Waals surface area (Å²) in [6.45, 7) is 4.25. The molecule has 33 heavy (non-hydrogen) atoms. The van der Waals surface area contributed by atoms with Gasteiger partial charge in [0.05, 0.1) is 5.75 Å². The number of carbonyl (C=O) groups excluding carboxylic acids is 2. The van der Waals surface area contributed by atoms with Crippen LogP contribution >= 0.6 is 35.0 Å². The zero-order valence-electron chi connectivity index (χ0n) is 19.3. The van der Waals surface area contributed by atoms with Gasteiger partial charge in [0, 0.05) is 27.5 Å². The molecule has 4 nitrogen and oxygen atoms in total. The molecule has 0 heterocycles. The second-order valence-electron chi connectivity index (χ2n) is 8.63. The van der Waals surface area contributed by atoms with Crippen LogP contribution in [0.4, 0.5) is 0 Å². The van der Waals surface area contributed by atoms with Crippen LogP contribution in [0.25, 0.3) is 0 Å². The number of benzene rings is 2. The molecule has 7 heteroatoms. The Bertz CT molecular complexity index is 946. The maximum atomic E-state index is 13.4. The molecule has 1 atom stereocenters. The Hall–Kier alpha value is -1.69. The Balaban J connectivity index is 1.77. The van der Waals surface area contributed by atoms with Gasteiger partial charge in [-0.25, -0.2) is 0 Å². The normalized spacial score (nSPS) is 15.2. The summed E-state index contributed by atoms with van der Waals surface area (Å²) >= 11 is 14.0. The van der Waals surface area contributed by atoms with Crippen molar-refractivity contribution in [2.45, 2.75) is 75.9 Å². The molecular formula is C26H32Cl2N2O2S. The predicted molar refractivity (Wildman–Crippen MR) is 138 cm³/mol. The summed E-state index contributed by atoms with van der Waals surface area (Å²) in [5.41, 5.74) is 1.95. The number of hydrogen-bond acceptors (Lipinski definition) is 3. The van der Waals surface area contributed by atoms with E-state index in [4.69, 9.17) is 23.2 Å². The third-order valence-electron chi connectivity index (χ3n) is 6.08. The van der Waals surface area contributed by atoms with E-state index in [1.165, 1.54) is 23.7 Å². The molecule has 0 aliphatic heterocycles. The summed E-state index contributed by atoms with van der Waals surface area (Å²) in [7, 11) is 0. The van der Waals surface area contributed by atoms with E-state index in [-0.39, 0.29) is 30.2 Å². The first-order valence-corrected chi connectivity index (χ1v) is 13.3. The summed E-state index contributed by atoms with van der Waals surface area (Å²) in [5, 5.41) is 4.24. The van der Waals surface area contributed by atoms with Gasteiger partial charge >= 0.3 is 0 Å². The number of carbonyl (C=O) groups is 2. The molecule has 178 valence electrons. The van der Waals surface area contributed by atoms with Gasteiger partial charge in [0.15, 0.2) is 0 Å². The first-order chi connectivity index (χ1) is 15.9. The molecule has 1 N–H and O–H groups in total. The van der Waals surface area contributed by atoms with Gasteiger partial charge in [0.1, 0.15) is 6.04 Å². The highest BCUT2D eigenvalue weighted by molar-refractivity contribution is 8.00. The van der Waals surface area contributed by atoms with Crippen LogP contribution in [-0.4, -0.2) is 34.6 Å². The van der Waals surface area contributed by atoms with Crippen molar-refractivity contribution in [2.24, 2.45) is 0 Å². The summed E-state index contributed by atoms with van der Waals surface area (Å²) in [4.78, 5) is 29.4. The van der Waals surface area contributed by atoms with E-state index in [0.29, 0.717) is 16.5 Å². The van der Waals surface area contributed by atoms with Crippen molar-refractivity contribution in [1.82, 2.24) is 10.2 Å². The van der Waals surface area contributed by atoms with E-state index < -0.39 is 6.04 Å². The highest BCUT2D eigenvalue weighted by Crippen LogP contribution is 2.26. The van der Waals surface area contributed by atoms with E-state index in [2.05, 4.69) is 5.32 Å². The topological polar surface area (TPSA) is 49.4 Å². The monoisotopic (exact) mass is 506 g/mol. The Labute approximate surface area is 211 Å². The van der Waals surface area contributed by atoms with Crippen LogP contribution in [0, 0.1) is 6.92 Å². The Kier molecular flexibility index (Phi) is 9.96. The number of halogens is 2. The molecule has 1 aliphatic carbocycles. The van der Waals surface area contributed by atoms with Gasteiger partial charge in [0.25, 0.3) is 0 Å². The number of nitrogens with one attached hydrogen (secondary N) is 1. The average molecular weight is 508 g/mol. The Morgan fingerprint density at radius 3 is 2.42 bits per heavy atom. The van der Waals surface area contributed by atoms with Gasteiger partial charge < -0.3 is 10.2 Å². The lowest BCUT2D eigenvalue weighted by Crippen LogP contribution is -2.52. The summed E-state index contributed by atoms with van der Waals surface area (Å²) < 4.78 is 0. The minimum Gasteiger partial charge on any atom is -0.352 e. The first kappa shape index (κ1) is 25.9. The van der Waals surface area contributed by atoms with Gasteiger partial charge in [-0.3, -0.25) is 9.59 Å². The molecule has 3 rings (SSSR count). The summed E-state index contributed by atoms with van der Waals surface area (Å²) in [6.07, 6.45) is 6.03. The van der Waals surface area contributed by atoms with E-state index in [1.54, 1.807) is 17.0 Å². The number of nitrogens with zero attached hydrogens (tertiary/aromatic N) is 1. The van der Waals surface area contributed by atoms with Crippen molar-refractivity contribution in [3.05, 3.63) is 63.6 Å². The molecule has 0 aromatic heterocycles. The largest absolute Gasteiger partial charge is 0.352 e. The molecule has 1 aliphatic rings. The maximum absolute atomic E-state index is 13.4. The molecule has 1 fully saturated rings. The molecule has 1 saturated carbocycles. The van der Waals surface area contributed by atoms with E-state index in [9.17, 15) is 9.59 Å². The van der Waals surface area contributed by atoms with Crippen molar-refractivity contribution in [1.29, 1.82) is 0 Å². The molecule has 2 aromatic carbocycles. The fourth-order valence-corrected chi connectivity index (χ4v) is 5.41. The van der Waals surface area contributed by atoms with Crippen LogP contribution in [0.1, 0.15) is 56.6 Å². The predicted octanol–water partition coefficient (Wildman–Crippen LogP) is 6.65. The van der Waals surface area contributed by atoms with E-state index in [0.717, 1.165) is 36.1 Å². The smallest absolute Gasteiger partial charge is 0.243 e. The Morgan fingerprint density at radius 1 is 1.09 bits per heavy atom. The average Bonchev–Trinajstić information content (AvgIpc) is 2.80. The lowest BCUT2D eigenvalue weighted by atomic mass is 9.95. The highest BCUT2D eigenvalue weighted by atomic mass is 35.5. The second-order valence-corrected chi connectivity index (χ2v) is 10.5. The van der Waals surface area contributed by atoms with Crippen molar-refractivity contribution in [2.75, 3.05) is 5.75 Å². The SMILES string of the molecule is CCC(C(=O)NC1CCCCC1)N(Cc1ccc(Cl)cc1Cl)C(=O)CSc1ccc(C)cc1. The lowest BCUT2D eigenvalue weighted by Gasteiger charge is -2.33. The van der Waals surface area contributed by atoms with Crippen LogP contribution in [-0.2, 0) is 16.1 Å². The van der Waals surface area contributed by atoms with Gasteiger partial charge in [0.2, 0.25) is 11.8 Å². The molecule has 0 bridgehead atoms. The standard InChI is InChI=1S/C26H32Cl2N2O2S/c1-3-24(26(32)29-21-7-5-4-6-8-21)30(16-19-11-12-20(27)15-23(19)28)25(31)17-33-22-13-9-18(2)10-14-22/h9-15,21,24H,3-8,16-17H2,1-2H3,(H,29,32). The van der Waals surface area contributed by atoms with Crippen molar-refractivity contribution < 1.29 is 9.59 Å². The fourth-order valence-electron chi connectivity index (χ4n) is 4.16. The first-order valence-electron chi connectivity index (χ1n) is 11.6. The molecule has 0 spiro atoms. The Morgan fingerprint density at radius 2 is 1.79 bits per heavy atom. The van der Waals surface area contributed by atoms with Crippen LogP contribution in [0.15, 0.2) is 47.4 Å². The lowest BCUT2D eigenvalue weighted by molar-refractivity contribution is -0.139.